The second-order valence-corrected chi connectivity index (χ2v) is 9.17. The third kappa shape index (κ3) is 3.96. The summed E-state index contributed by atoms with van der Waals surface area (Å²) in [5.41, 5.74) is 3.58. The largest absolute Gasteiger partial charge is 0.378 e. The highest BCUT2D eigenvalue weighted by atomic mass is 16.5. The molecule has 1 amide bonds. The Labute approximate surface area is 193 Å². The Balaban J connectivity index is 1.34. The monoisotopic (exact) mass is 452 g/mol. The summed E-state index contributed by atoms with van der Waals surface area (Å²) in [6, 6.07) is 0.138. The number of carbonyl (C=O) groups is 1. The van der Waals surface area contributed by atoms with Crippen molar-refractivity contribution in [3.8, 4) is 11.4 Å². The van der Waals surface area contributed by atoms with Crippen molar-refractivity contribution in [1.82, 2.24) is 34.2 Å². The fourth-order valence-corrected chi connectivity index (χ4v) is 5.08. The van der Waals surface area contributed by atoms with Gasteiger partial charge in [0.15, 0.2) is 17.0 Å². The quantitative estimate of drug-likeness (QED) is 0.634. The Hall–Kier alpha value is -3.01. The van der Waals surface area contributed by atoms with Gasteiger partial charge in [0, 0.05) is 50.9 Å². The zero-order chi connectivity index (χ0) is 23.1. The number of likely N-dealkylation sites (tertiary alicyclic amines) is 1. The van der Waals surface area contributed by atoms with E-state index in [0.29, 0.717) is 19.0 Å². The van der Waals surface area contributed by atoms with Crippen molar-refractivity contribution in [1.29, 1.82) is 0 Å². The summed E-state index contributed by atoms with van der Waals surface area (Å²) in [6.45, 7) is 9.10. The summed E-state index contributed by atoms with van der Waals surface area (Å²) in [7, 11) is 1.97. The van der Waals surface area contributed by atoms with Crippen LogP contribution in [0.1, 0.15) is 38.8 Å². The molecule has 2 aliphatic rings. The Bertz CT molecular complexity index is 1170. The number of imidazole rings is 1. The summed E-state index contributed by atoms with van der Waals surface area (Å²) < 4.78 is 9.56. The number of carbonyl (C=O) groups excluding carboxylic acids is 1. The smallest absolute Gasteiger partial charge is 0.225 e. The Kier molecular flexibility index (Phi) is 5.77. The van der Waals surface area contributed by atoms with Gasteiger partial charge in [0.1, 0.15) is 12.2 Å². The molecule has 10 heteroatoms. The van der Waals surface area contributed by atoms with Gasteiger partial charge in [-0.3, -0.25) is 9.48 Å². The molecule has 0 aliphatic carbocycles. The van der Waals surface area contributed by atoms with E-state index in [1.165, 1.54) is 0 Å². The fourth-order valence-electron chi connectivity index (χ4n) is 5.08. The van der Waals surface area contributed by atoms with Gasteiger partial charge in [0.25, 0.3) is 0 Å². The van der Waals surface area contributed by atoms with Crippen molar-refractivity contribution in [2.75, 3.05) is 25.0 Å². The lowest BCUT2D eigenvalue weighted by molar-refractivity contribution is -0.139. The minimum Gasteiger partial charge on any atom is -0.378 e. The van der Waals surface area contributed by atoms with Crippen molar-refractivity contribution in [3.05, 3.63) is 18.2 Å². The molecule has 0 radical (unpaired) electrons. The maximum Gasteiger partial charge on any atom is 0.225 e. The van der Waals surface area contributed by atoms with Crippen LogP contribution in [0.4, 0.5) is 5.82 Å². The van der Waals surface area contributed by atoms with Gasteiger partial charge in [-0.1, -0.05) is 0 Å². The minimum atomic E-state index is 0.0730. The number of nitrogens with zero attached hydrogens (tertiary/aromatic N) is 7. The lowest BCUT2D eigenvalue weighted by Gasteiger charge is -2.29. The summed E-state index contributed by atoms with van der Waals surface area (Å²) in [6.07, 6.45) is 6.10. The first kappa shape index (κ1) is 21.8. The first-order chi connectivity index (χ1) is 16.0. The molecule has 0 saturated carbocycles. The van der Waals surface area contributed by atoms with Gasteiger partial charge in [-0.25, -0.2) is 15.0 Å². The van der Waals surface area contributed by atoms with Crippen LogP contribution < -0.4 is 5.32 Å². The minimum absolute atomic E-state index is 0.0730. The van der Waals surface area contributed by atoms with E-state index >= 15 is 0 Å². The molecule has 2 fully saturated rings. The molecule has 2 saturated heterocycles. The molecule has 0 spiro atoms. The molecule has 5 rings (SSSR count). The highest BCUT2D eigenvalue weighted by Gasteiger charge is 2.33. The van der Waals surface area contributed by atoms with Gasteiger partial charge in [-0.05, 0) is 40.0 Å². The van der Waals surface area contributed by atoms with Crippen molar-refractivity contribution >= 4 is 22.9 Å². The lowest BCUT2D eigenvalue weighted by atomic mass is 9.95. The van der Waals surface area contributed by atoms with Crippen LogP contribution in [0.3, 0.4) is 0 Å². The number of amides is 1. The number of fused-ring (bicyclic) bond motifs is 1. The molecule has 3 aromatic heterocycles. The number of rotatable bonds is 5. The predicted molar refractivity (Wildman–Crippen MR) is 125 cm³/mol. The van der Waals surface area contributed by atoms with E-state index in [2.05, 4.69) is 34.2 Å². The lowest BCUT2D eigenvalue weighted by Crippen LogP contribution is -2.39. The number of hydrogen-bond acceptors (Lipinski definition) is 7. The molecule has 2 aliphatic heterocycles. The third-order valence-corrected chi connectivity index (χ3v) is 6.97. The van der Waals surface area contributed by atoms with Crippen LogP contribution in [0.2, 0.25) is 0 Å². The summed E-state index contributed by atoms with van der Waals surface area (Å²) >= 11 is 0. The van der Waals surface area contributed by atoms with Gasteiger partial charge >= 0.3 is 0 Å². The Morgan fingerprint density at radius 2 is 2.15 bits per heavy atom. The normalized spacial score (nSPS) is 23.4. The SMILES string of the molecule is CCn1ncc(-c2nc3c(NC4CCN(C(=O)C5CCOC(C)C5)C4)ncnc3n2C)c1C. The molecule has 1 N–H and O–H groups in total. The summed E-state index contributed by atoms with van der Waals surface area (Å²) in [5, 5.41) is 8.00. The Morgan fingerprint density at radius 3 is 2.91 bits per heavy atom. The number of aryl methyl sites for hydroxylation is 2. The second kappa shape index (κ2) is 8.74. The number of hydrogen-bond donors (Lipinski definition) is 1. The van der Waals surface area contributed by atoms with E-state index in [4.69, 9.17) is 9.72 Å². The zero-order valence-electron chi connectivity index (χ0n) is 19.8. The highest BCUT2D eigenvalue weighted by molar-refractivity contribution is 5.86. The van der Waals surface area contributed by atoms with Crippen molar-refractivity contribution < 1.29 is 9.53 Å². The van der Waals surface area contributed by atoms with E-state index in [1.54, 1.807) is 6.33 Å². The number of nitrogens with one attached hydrogen (secondary N) is 1. The van der Waals surface area contributed by atoms with Crippen molar-refractivity contribution in [2.24, 2.45) is 13.0 Å². The fraction of sp³-hybridized carbons (Fsp3) is 0.609. The number of ether oxygens (including phenoxy) is 1. The van der Waals surface area contributed by atoms with Crippen LogP contribution in [0.25, 0.3) is 22.6 Å². The Morgan fingerprint density at radius 1 is 1.30 bits per heavy atom. The molecule has 3 atom stereocenters. The molecule has 10 nitrogen and oxygen atoms in total. The molecule has 3 aromatic rings. The molecular formula is C23H32N8O2. The number of anilines is 1. The van der Waals surface area contributed by atoms with E-state index in [-0.39, 0.29) is 24.0 Å². The maximum atomic E-state index is 13.0. The molecular weight excluding hydrogens is 420 g/mol. The van der Waals surface area contributed by atoms with Gasteiger partial charge in [-0.15, -0.1) is 0 Å². The van der Waals surface area contributed by atoms with Gasteiger partial charge < -0.3 is 19.5 Å². The second-order valence-electron chi connectivity index (χ2n) is 9.17. The topological polar surface area (TPSA) is 103 Å². The van der Waals surface area contributed by atoms with Crippen molar-refractivity contribution in [3.63, 3.8) is 0 Å². The maximum absolute atomic E-state index is 13.0. The third-order valence-electron chi connectivity index (χ3n) is 6.97. The first-order valence-corrected chi connectivity index (χ1v) is 11.8. The molecule has 0 aromatic carbocycles. The highest BCUT2D eigenvalue weighted by Crippen LogP contribution is 2.29. The van der Waals surface area contributed by atoms with E-state index < -0.39 is 0 Å². The standard InChI is InChI=1S/C23H32N8O2/c1-5-31-15(3)18(11-26-31)21-28-19-20(24-13-25-22(19)29(21)4)27-17-6-8-30(12-17)23(32)16-7-9-33-14(2)10-16/h11,13-14,16-17H,5-10,12H2,1-4H3,(H,24,25,27). The molecule has 3 unspecified atom stereocenters. The molecule has 5 heterocycles. The summed E-state index contributed by atoms with van der Waals surface area (Å²) in [5.74, 6) is 1.86. The van der Waals surface area contributed by atoms with Crippen LogP contribution >= 0.6 is 0 Å². The van der Waals surface area contributed by atoms with Crippen molar-refractivity contribution in [2.45, 2.75) is 58.7 Å². The van der Waals surface area contributed by atoms with Crippen LogP contribution in [0.5, 0.6) is 0 Å². The van der Waals surface area contributed by atoms with Crippen LogP contribution in [-0.2, 0) is 23.1 Å². The first-order valence-electron chi connectivity index (χ1n) is 11.8. The van der Waals surface area contributed by atoms with Crippen LogP contribution in [0.15, 0.2) is 12.5 Å². The molecule has 176 valence electrons. The summed E-state index contributed by atoms with van der Waals surface area (Å²) in [4.78, 5) is 28.9. The van der Waals surface area contributed by atoms with Crippen LogP contribution in [-0.4, -0.2) is 71.9 Å². The molecule has 33 heavy (non-hydrogen) atoms. The predicted octanol–water partition coefficient (Wildman–Crippen LogP) is 2.38. The molecule has 0 bridgehead atoms. The van der Waals surface area contributed by atoms with Gasteiger partial charge in [0.05, 0.1) is 17.9 Å². The average Bonchev–Trinajstić information content (AvgIpc) is 3.51. The average molecular weight is 453 g/mol. The van der Waals surface area contributed by atoms with E-state index in [1.807, 2.05) is 34.3 Å². The number of aromatic nitrogens is 6. The van der Waals surface area contributed by atoms with Gasteiger partial charge in [-0.2, -0.15) is 5.10 Å². The van der Waals surface area contributed by atoms with Crippen LogP contribution in [0, 0.1) is 12.8 Å². The zero-order valence-corrected chi connectivity index (χ0v) is 19.8. The van der Waals surface area contributed by atoms with E-state index in [0.717, 1.165) is 60.6 Å². The van der Waals surface area contributed by atoms with Gasteiger partial charge in [0.2, 0.25) is 5.91 Å². The van der Waals surface area contributed by atoms with E-state index in [9.17, 15) is 4.79 Å².